The Kier molecular flexibility index (Phi) is 10.2. The molecule has 1 aliphatic rings. The Balaban J connectivity index is 1.71. The third-order valence-corrected chi connectivity index (χ3v) is 5.95. The molecule has 0 fully saturated rings. The van der Waals surface area contributed by atoms with Crippen LogP contribution in [0.15, 0.2) is 42.5 Å². The number of ether oxygens (including phenoxy) is 2. The Morgan fingerprint density at radius 1 is 1.17 bits per heavy atom. The Morgan fingerprint density at radius 2 is 2.03 bits per heavy atom. The standard InChI is InChI=1S/C26H32ClN3O5/c1-34-20-7-5-6-18(16-20)12-14-29-26(33)22-9-11-24(31)28-13-3-2-4-15-35-23-10-8-19(27)17-21(23)25(32)30-22/h5-8,10,16-17,22H,2-4,9,11-15H2,1H3,(H,28,31)(H,29,33)(H,30,32)/t22-/m0/s1. The molecule has 1 heterocycles. The second-order valence-electron chi connectivity index (χ2n) is 8.36. The van der Waals surface area contributed by atoms with E-state index in [1.165, 1.54) is 6.07 Å². The van der Waals surface area contributed by atoms with Crippen LogP contribution in [0.5, 0.6) is 11.5 Å². The van der Waals surface area contributed by atoms with Gasteiger partial charge in [0.25, 0.3) is 5.91 Å². The van der Waals surface area contributed by atoms with Crippen molar-refractivity contribution in [2.24, 2.45) is 0 Å². The average Bonchev–Trinajstić information content (AvgIpc) is 2.86. The van der Waals surface area contributed by atoms with Crippen LogP contribution in [0.1, 0.15) is 48.0 Å². The maximum absolute atomic E-state index is 13.1. The fourth-order valence-corrected chi connectivity index (χ4v) is 3.94. The molecule has 3 amide bonds. The number of halogens is 1. The summed E-state index contributed by atoms with van der Waals surface area (Å²) in [6, 6.07) is 11.5. The number of carbonyl (C=O) groups is 3. The van der Waals surface area contributed by atoms with Gasteiger partial charge in [-0.05, 0) is 68.0 Å². The molecular formula is C26H32ClN3O5. The molecule has 188 valence electrons. The van der Waals surface area contributed by atoms with Gasteiger partial charge in [0.1, 0.15) is 17.5 Å². The Hall–Kier alpha value is -3.26. The van der Waals surface area contributed by atoms with Gasteiger partial charge in [-0.15, -0.1) is 0 Å². The van der Waals surface area contributed by atoms with Crippen molar-refractivity contribution in [2.75, 3.05) is 26.8 Å². The zero-order valence-electron chi connectivity index (χ0n) is 19.9. The van der Waals surface area contributed by atoms with E-state index in [1.807, 2.05) is 24.3 Å². The van der Waals surface area contributed by atoms with E-state index in [-0.39, 0.29) is 30.2 Å². The first-order valence-electron chi connectivity index (χ1n) is 11.9. The molecule has 0 aliphatic carbocycles. The summed E-state index contributed by atoms with van der Waals surface area (Å²) in [5.41, 5.74) is 1.27. The van der Waals surface area contributed by atoms with E-state index in [9.17, 15) is 14.4 Å². The lowest BCUT2D eigenvalue weighted by molar-refractivity contribution is -0.124. The molecule has 8 nitrogen and oxygen atoms in total. The highest BCUT2D eigenvalue weighted by Gasteiger charge is 2.24. The van der Waals surface area contributed by atoms with Gasteiger partial charge in [-0.25, -0.2) is 0 Å². The summed E-state index contributed by atoms with van der Waals surface area (Å²) in [6.45, 7) is 1.37. The minimum Gasteiger partial charge on any atom is -0.497 e. The van der Waals surface area contributed by atoms with Gasteiger partial charge in [0, 0.05) is 24.5 Å². The molecule has 2 aromatic rings. The van der Waals surface area contributed by atoms with Crippen molar-refractivity contribution in [2.45, 2.75) is 44.6 Å². The summed E-state index contributed by atoms with van der Waals surface area (Å²) in [5, 5.41) is 8.90. The summed E-state index contributed by atoms with van der Waals surface area (Å²) in [6.07, 6.45) is 3.38. The SMILES string of the molecule is COc1cccc(CCNC(=O)[C@@H]2CCC(=O)NCCCCCOc3ccc(Cl)cc3C(=O)N2)c1. The van der Waals surface area contributed by atoms with Gasteiger partial charge in [0.05, 0.1) is 19.3 Å². The van der Waals surface area contributed by atoms with Gasteiger partial charge in [-0.3, -0.25) is 14.4 Å². The number of fused-ring (bicyclic) bond motifs is 1. The van der Waals surface area contributed by atoms with Crippen LogP contribution >= 0.6 is 11.6 Å². The summed E-state index contributed by atoms with van der Waals surface area (Å²) >= 11 is 6.13. The van der Waals surface area contributed by atoms with E-state index in [2.05, 4.69) is 16.0 Å². The first-order chi connectivity index (χ1) is 17.0. The molecule has 0 aromatic heterocycles. The molecule has 1 aliphatic heterocycles. The quantitative estimate of drug-likeness (QED) is 0.583. The van der Waals surface area contributed by atoms with Crippen LogP contribution < -0.4 is 25.4 Å². The highest BCUT2D eigenvalue weighted by atomic mass is 35.5. The number of hydrogen-bond donors (Lipinski definition) is 3. The van der Waals surface area contributed by atoms with Gasteiger partial charge in [0.2, 0.25) is 11.8 Å². The highest BCUT2D eigenvalue weighted by Crippen LogP contribution is 2.24. The first-order valence-corrected chi connectivity index (χ1v) is 12.2. The van der Waals surface area contributed by atoms with E-state index in [0.29, 0.717) is 36.9 Å². The van der Waals surface area contributed by atoms with E-state index in [0.717, 1.165) is 30.6 Å². The number of hydrogen-bond acceptors (Lipinski definition) is 5. The Bertz CT molecular complexity index is 1030. The molecule has 0 saturated carbocycles. The fraction of sp³-hybridized carbons (Fsp3) is 0.423. The van der Waals surface area contributed by atoms with Crippen LogP contribution in [-0.4, -0.2) is 50.6 Å². The molecule has 0 unspecified atom stereocenters. The summed E-state index contributed by atoms with van der Waals surface area (Å²) in [7, 11) is 1.60. The average molecular weight is 502 g/mol. The zero-order chi connectivity index (χ0) is 25.0. The van der Waals surface area contributed by atoms with Crippen molar-refractivity contribution in [3.8, 4) is 11.5 Å². The van der Waals surface area contributed by atoms with Crippen LogP contribution in [0.3, 0.4) is 0 Å². The van der Waals surface area contributed by atoms with Crippen molar-refractivity contribution >= 4 is 29.3 Å². The molecule has 0 spiro atoms. The largest absolute Gasteiger partial charge is 0.497 e. The van der Waals surface area contributed by atoms with Crippen LogP contribution in [0, 0.1) is 0 Å². The van der Waals surface area contributed by atoms with Crippen molar-refractivity contribution in [1.29, 1.82) is 0 Å². The summed E-state index contributed by atoms with van der Waals surface area (Å²) in [4.78, 5) is 38.4. The molecule has 35 heavy (non-hydrogen) atoms. The van der Waals surface area contributed by atoms with E-state index < -0.39 is 11.9 Å². The van der Waals surface area contributed by atoms with Crippen LogP contribution in [0.25, 0.3) is 0 Å². The van der Waals surface area contributed by atoms with Crippen molar-refractivity contribution < 1.29 is 23.9 Å². The second kappa shape index (κ2) is 13.6. The Morgan fingerprint density at radius 3 is 2.86 bits per heavy atom. The number of benzene rings is 2. The molecule has 0 radical (unpaired) electrons. The van der Waals surface area contributed by atoms with E-state index in [4.69, 9.17) is 21.1 Å². The molecule has 3 N–H and O–H groups in total. The van der Waals surface area contributed by atoms with Gasteiger partial charge in [-0.1, -0.05) is 23.7 Å². The lowest BCUT2D eigenvalue weighted by Crippen LogP contribution is -2.47. The van der Waals surface area contributed by atoms with Crippen LogP contribution in [0.2, 0.25) is 5.02 Å². The van der Waals surface area contributed by atoms with Crippen LogP contribution in [-0.2, 0) is 16.0 Å². The van der Waals surface area contributed by atoms with Crippen LogP contribution in [0.4, 0.5) is 0 Å². The molecule has 0 saturated heterocycles. The third kappa shape index (κ3) is 8.47. The normalized spacial score (nSPS) is 17.5. The molecule has 0 bridgehead atoms. The number of carbonyl (C=O) groups excluding carboxylic acids is 3. The number of amides is 3. The molecule has 2 aromatic carbocycles. The maximum Gasteiger partial charge on any atom is 0.255 e. The minimum absolute atomic E-state index is 0.118. The van der Waals surface area contributed by atoms with E-state index in [1.54, 1.807) is 19.2 Å². The minimum atomic E-state index is -0.893. The first kappa shape index (κ1) is 26.3. The third-order valence-electron chi connectivity index (χ3n) is 5.72. The van der Waals surface area contributed by atoms with Crippen molar-refractivity contribution in [3.63, 3.8) is 0 Å². The summed E-state index contributed by atoms with van der Waals surface area (Å²) in [5.74, 6) is 0.165. The highest BCUT2D eigenvalue weighted by molar-refractivity contribution is 6.31. The van der Waals surface area contributed by atoms with Crippen molar-refractivity contribution in [1.82, 2.24) is 16.0 Å². The number of nitrogens with one attached hydrogen (secondary N) is 3. The Labute approximate surface area is 210 Å². The molecule has 1 atom stereocenters. The summed E-state index contributed by atoms with van der Waals surface area (Å²) < 4.78 is 11.1. The second-order valence-corrected chi connectivity index (χ2v) is 8.79. The lowest BCUT2D eigenvalue weighted by atomic mass is 10.1. The lowest BCUT2D eigenvalue weighted by Gasteiger charge is -2.19. The maximum atomic E-state index is 13.1. The van der Waals surface area contributed by atoms with Gasteiger partial charge >= 0.3 is 0 Å². The topological polar surface area (TPSA) is 106 Å². The zero-order valence-corrected chi connectivity index (χ0v) is 20.7. The van der Waals surface area contributed by atoms with Gasteiger partial charge < -0.3 is 25.4 Å². The number of rotatable bonds is 5. The predicted molar refractivity (Wildman–Crippen MR) is 134 cm³/mol. The van der Waals surface area contributed by atoms with Gasteiger partial charge in [-0.2, -0.15) is 0 Å². The van der Waals surface area contributed by atoms with Crippen molar-refractivity contribution in [3.05, 3.63) is 58.6 Å². The predicted octanol–water partition coefficient (Wildman–Crippen LogP) is 3.27. The fourth-order valence-electron chi connectivity index (χ4n) is 3.77. The monoisotopic (exact) mass is 501 g/mol. The molecule has 3 rings (SSSR count). The molecule has 9 heteroatoms. The smallest absolute Gasteiger partial charge is 0.255 e. The van der Waals surface area contributed by atoms with E-state index >= 15 is 0 Å². The van der Waals surface area contributed by atoms with Gasteiger partial charge in [0.15, 0.2) is 0 Å². The molecular weight excluding hydrogens is 470 g/mol. The number of methoxy groups -OCH3 is 1.